The Morgan fingerprint density at radius 1 is 0.935 bits per heavy atom. The van der Waals surface area contributed by atoms with E-state index in [2.05, 4.69) is 41.9 Å². The summed E-state index contributed by atoms with van der Waals surface area (Å²) in [5.41, 5.74) is 4.20. The minimum atomic E-state index is -3.95. The lowest BCUT2D eigenvalue weighted by molar-refractivity contribution is -0.118. The van der Waals surface area contributed by atoms with E-state index in [-0.39, 0.29) is 17.2 Å². The van der Waals surface area contributed by atoms with Crippen LogP contribution in [0.5, 0.6) is 0 Å². The molecule has 0 aliphatic carbocycles. The van der Waals surface area contributed by atoms with Crippen LogP contribution in [0, 0.1) is 6.92 Å². The van der Waals surface area contributed by atoms with Crippen LogP contribution in [0.4, 0.5) is 17.2 Å². The fraction of sp³-hybridized carbons (Fsp3) is 0.176. The second-order valence-corrected chi connectivity index (χ2v) is 13.6. The van der Waals surface area contributed by atoms with Crippen molar-refractivity contribution in [3.63, 3.8) is 0 Å². The van der Waals surface area contributed by atoms with Crippen LogP contribution in [-0.2, 0) is 26.0 Å². The molecule has 0 bridgehead atoms. The molecule has 10 nitrogen and oxygen atoms in total. The van der Waals surface area contributed by atoms with Gasteiger partial charge in [0.15, 0.2) is 5.17 Å². The van der Waals surface area contributed by atoms with E-state index in [4.69, 9.17) is 0 Å². The molecule has 0 radical (unpaired) electrons. The lowest BCUT2D eigenvalue weighted by Gasteiger charge is -2.36. The largest absolute Gasteiger partial charge is 0.368 e. The second kappa shape index (κ2) is 13.6. The lowest BCUT2D eigenvalue weighted by atomic mass is 10.1. The number of nitrogens with one attached hydrogen (secondary N) is 2. The van der Waals surface area contributed by atoms with Gasteiger partial charge in [-0.15, -0.1) is 0 Å². The maximum absolute atomic E-state index is 12.7. The van der Waals surface area contributed by atoms with Crippen molar-refractivity contribution >= 4 is 62.0 Å². The number of pyridine rings is 1. The van der Waals surface area contributed by atoms with E-state index in [9.17, 15) is 18.0 Å². The van der Waals surface area contributed by atoms with Gasteiger partial charge in [-0.1, -0.05) is 48.0 Å². The first-order valence-corrected chi connectivity index (χ1v) is 17.0. The van der Waals surface area contributed by atoms with Crippen molar-refractivity contribution < 1.29 is 18.0 Å². The number of aryl methyl sites for hydroxylation is 1. The van der Waals surface area contributed by atoms with Crippen LogP contribution in [0.25, 0.3) is 6.08 Å². The SMILES string of the molecule is Cc1ccc(S(=O)(=O)NC(=O)Cc2ccc(N=C3NC(=O)C(=Cc4ccc(N5CCN(c6ccccn6)CC5)cc4)S3)cc2)cc1. The fourth-order valence-electron chi connectivity index (χ4n) is 5.10. The second-order valence-electron chi connectivity index (χ2n) is 10.9. The van der Waals surface area contributed by atoms with Crippen molar-refractivity contribution in [3.8, 4) is 0 Å². The van der Waals surface area contributed by atoms with E-state index in [0.29, 0.717) is 21.3 Å². The maximum Gasteiger partial charge on any atom is 0.264 e. The number of aromatic nitrogens is 1. The van der Waals surface area contributed by atoms with Gasteiger partial charge in [0.05, 0.1) is 21.9 Å². The van der Waals surface area contributed by atoms with E-state index in [1.54, 1.807) is 36.4 Å². The molecule has 2 aliphatic rings. The van der Waals surface area contributed by atoms with E-state index in [1.165, 1.54) is 23.9 Å². The molecule has 234 valence electrons. The molecule has 46 heavy (non-hydrogen) atoms. The minimum absolute atomic E-state index is 0.0330. The summed E-state index contributed by atoms with van der Waals surface area (Å²) in [5.74, 6) is 0.149. The van der Waals surface area contributed by atoms with Crippen molar-refractivity contribution in [3.05, 3.63) is 119 Å². The van der Waals surface area contributed by atoms with Crippen molar-refractivity contribution in [2.45, 2.75) is 18.2 Å². The van der Waals surface area contributed by atoms with Gasteiger partial charge in [-0.05, 0) is 84.4 Å². The zero-order chi connectivity index (χ0) is 32.1. The number of amides is 2. The van der Waals surface area contributed by atoms with Crippen molar-refractivity contribution in [2.75, 3.05) is 36.0 Å². The highest BCUT2D eigenvalue weighted by Gasteiger charge is 2.24. The maximum atomic E-state index is 12.7. The van der Waals surface area contributed by atoms with Crippen LogP contribution in [0.3, 0.4) is 0 Å². The molecule has 2 aliphatic heterocycles. The molecule has 4 aromatic rings. The molecule has 1 aromatic heterocycles. The number of carbonyl (C=O) groups is 2. The minimum Gasteiger partial charge on any atom is -0.368 e. The number of rotatable bonds is 8. The number of aliphatic imine (C=N–C) groups is 1. The predicted octanol–water partition coefficient (Wildman–Crippen LogP) is 4.66. The number of anilines is 2. The predicted molar refractivity (Wildman–Crippen MR) is 183 cm³/mol. The third-order valence-corrected chi connectivity index (χ3v) is 9.87. The Balaban J connectivity index is 1.02. The number of nitrogens with zero attached hydrogens (tertiary/aromatic N) is 4. The molecular weight excluding hydrogens is 621 g/mol. The highest BCUT2D eigenvalue weighted by Crippen LogP contribution is 2.29. The molecule has 0 unspecified atom stereocenters. The molecule has 3 heterocycles. The Labute approximate surface area is 272 Å². The summed E-state index contributed by atoms with van der Waals surface area (Å²) in [5, 5.41) is 3.25. The zero-order valence-corrected chi connectivity index (χ0v) is 26.7. The van der Waals surface area contributed by atoms with Crippen LogP contribution >= 0.6 is 11.8 Å². The highest BCUT2D eigenvalue weighted by molar-refractivity contribution is 8.18. The molecule has 0 spiro atoms. The van der Waals surface area contributed by atoms with E-state index < -0.39 is 15.9 Å². The summed E-state index contributed by atoms with van der Waals surface area (Å²) < 4.78 is 27.1. The number of amidine groups is 1. The summed E-state index contributed by atoms with van der Waals surface area (Å²) >= 11 is 1.26. The Kier molecular flexibility index (Phi) is 9.18. The Bertz CT molecular complexity index is 1890. The molecule has 12 heteroatoms. The third-order valence-electron chi connectivity index (χ3n) is 7.57. The van der Waals surface area contributed by atoms with Crippen molar-refractivity contribution in [1.82, 2.24) is 15.0 Å². The molecule has 2 amide bonds. The first-order valence-electron chi connectivity index (χ1n) is 14.7. The number of hydrogen-bond acceptors (Lipinski definition) is 9. The molecule has 3 aromatic carbocycles. The quantitative estimate of drug-likeness (QED) is 0.264. The van der Waals surface area contributed by atoms with E-state index >= 15 is 0 Å². The van der Waals surface area contributed by atoms with Gasteiger partial charge in [0.1, 0.15) is 5.82 Å². The molecule has 2 saturated heterocycles. The number of hydrogen-bond donors (Lipinski definition) is 2. The highest BCUT2D eigenvalue weighted by atomic mass is 32.2. The van der Waals surface area contributed by atoms with Gasteiger partial charge in [0, 0.05) is 38.1 Å². The molecular formula is C34H32N6O4S2. The van der Waals surface area contributed by atoms with Gasteiger partial charge in [-0.25, -0.2) is 23.1 Å². The standard InChI is InChI=1S/C34H32N6O4S2/c1-24-5-15-29(16-6-24)46(43,44)38-32(41)23-26-7-11-27(12-8-26)36-34-37-33(42)30(45-34)22-25-9-13-28(14-10-25)39-18-20-40(21-19-39)31-4-2-3-17-35-31/h2-17,22H,18-21,23H2,1H3,(H,38,41)(H,36,37,42). The average molecular weight is 653 g/mol. The fourth-order valence-corrected chi connectivity index (χ4v) is 6.93. The van der Waals surface area contributed by atoms with Crippen LogP contribution in [-0.4, -0.2) is 56.6 Å². The van der Waals surface area contributed by atoms with Crippen molar-refractivity contribution in [1.29, 1.82) is 0 Å². The Morgan fingerprint density at radius 2 is 1.63 bits per heavy atom. The lowest BCUT2D eigenvalue weighted by Crippen LogP contribution is -2.46. The van der Waals surface area contributed by atoms with Gasteiger partial charge in [-0.3, -0.25) is 9.59 Å². The summed E-state index contributed by atoms with van der Waals surface area (Å²) in [4.78, 5) is 39.3. The van der Waals surface area contributed by atoms with Gasteiger partial charge in [-0.2, -0.15) is 0 Å². The normalized spacial score (nSPS) is 16.9. The summed E-state index contributed by atoms with van der Waals surface area (Å²) in [6, 6.07) is 27.3. The molecule has 0 atom stereocenters. The first-order chi connectivity index (χ1) is 22.2. The topological polar surface area (TPSA) is 124 Å². The smallest absolute Gasteiger partial charge is 0.264 e. The number of benzene rings is 3. The Hall–Kier alpha value is -4.94. The van der Waals surface area contributed by atoms with Gasteiger partial charge < -0.3 is 15.1 Å². The Morgan fingerprint density at radius 3 is 2.30 bits per heavy atom. The molecule has 2 fully saturated rings. The number of piperazine rings is 1. The zero-order valence-electron chi connectivity index (χ0n) is 25.1. The van der Waals surface area contributed by atoms with Crippen LogP contribution < -0.4 is 19.8 Å². The average Bonchev–Trinajstić information content (AvgIpc) is 3.40. The van der Waals surface area contributed by atoms with Crippen LogP contribution in [0.2, 0.25) is 0 Å². The van der Waals surface area contributed by atoms with Crippen LogP contribution in [0.15, 0.2) is 112 Å². The van der Waals surface area contributed by atoms with Crippen LogP contribution in [0.1, 0.15) is 16.7 Å². The summed E-state index contributed by atoms with van der Waals surface area (Å²) in [7, 11) is -3.95. The number of carbonyl (C=O) groups excluding carboxylic acids is 2. The molecule has 2 N–H and O–H groups in total. The van der Waals surface area contributed by atoms with E-state index in [0.717, 1.165) is 48.8 Å². The monoisotopic (exact) mass is 652 g/mol. The molecule has 0 saturated carbocycles. The summed E-state index contributed by atoms with van der Waals surface area (Å²) in [6.07, 6.45) is 3.55. The molecule has 6 rings (SSSR count). The van der Waals surface area contributed by atoms with E-state index in [1.807, 2.05) is 49.5 Å². The van der Waals surface area contributed by atoms with Gasteiger partial charge in [0.25, 0.3) is 15.9 Å². The third kappa shape index (κ3) is 7.64. The summed E-state index contributed by atoms with van der Waals surface area (Å²) in [6.45, 7) is 5.46. The van der Waals surface area contributed by atoms with Crippen molar-refractivity contribution in [2.24, 2.45) is 4.99 Å². The number of sulfonamides is 1. The van der Waals surface area contributed by atoms with Gasteiger partial charge in [0.2, 0.25) is 5.91 Å². The number of thioether (sulfide) groups is 1. The first kappa shape index (κ1) is 31.1. The van der Waals surface area contributed by atoms with Gasteiger partial charge >= 0.3 is 0 Å².